The first-order chi connectivity index (χ1) is 13.5. The maximum absolute atomic E-state index is 13.2. The number of carbonyl (C=O) groups excluding carboxylic acids is 1. The Hall–Kier alpha value is -2.54. The lowest BCUT2D eigenvalue weighted by molar-refractivity contribution is 0.0735. The Labute approximate surface area is 165 Å². The number of ether oxygens (including phenoxy) is 1. The lowest BCUT2D eigenvalue weighted by atomic mass is 10.0. The predicted octanol–water partition coefficient (Wildman–Crippen LogP) is 3.21. The Balaban J connectivity index is 1.59. The van der Waals surface area contributed by atoms with E-state index >= 15 is 0 Å². The molecule has 0 unspecified atom stereocenters. The summed E-state index contributed by atoms with van der Waals surface area (Å²) < 4.78 is 31.0. The van der Waals surface area contributed by atoms with E-state index in [2.05, 4.69) is 0 Å². The molecule has 28 heavy (non-hydrogen) atoms. The summed E-state index contributed by atoms with van der Waals surface area (Å²) in [5.41, 5.74) is 2.19. The molecule has 2 saturated heterocycles. The third kappa shape index (κ3) is 3.46. The summed E-state index contributed by atoms with van der Waals surface area (Å²) in [5, 5.41) is 0. The summed E-state index contributed by atoms with van der Waals surface area (Å²) in [6.45, 7) is 1.17. The number of carbonyl (C=O) groups is 1. The number of likely N-dealkylation sites (tertiary alicyclic amines) is 1. The molecular formula is C21H24N2O4S. The molecule has 2 heterocycles. The first-order valence-electron chi connectivity index (χ1n) is 9.55. The van der Waals surface area contributed by atoms with Crippen LogP contribution in [0, 0.1) is 0 Å². The van der Waals surface area contributed by atoms with Crippen LogP contribution in [0.3, 0.4) is 0 Å². The van der Waals surface area contributed by atoms with E-state index in [-0.39, 0.29) is 17.7 Å². The van der Waals surface area contributed by atoms with Gasteiger partial charge in [-0.25, -0.2) is 8.42 Å². The fraction of sp³-hybridized carbons (Fsp3) is 0.381. The number of rotatable bonds is 4. The largest absolute Gasteiger partial charge is 0.497 e. The van der Waals surface area contributed by atoms with Crippen LogP contribution in [0.2, 0.25) is 0 Å². The van der Waals surface area contributed by atoms with E-state index in [4.69, 9.17) is 4.74 Å². The van der Waals surface area contributed by atoms with Gasteiger partial charge in [-0.15, -0.1) is 0 Å². The normalized spacial score (nSPS) is 21.1. The highest BCUT2D eigenvalue weighted by molar-refractivity contribution is 7.93. The zero-order valence-corrected chi connectivity index (χ0v) is 16.7. The molecule has 1 atom stereocenters. The molecule has 2 aliphatic rings. The van der Waals surface area contributed by atoms with Crippen molar-refractivity contribution in [1.82, 2.24) is 4.90 Å². The first-order valence-corrected chi connectivity index (χ1v) is 11.2. The number of sulfonamides is 1. The molecule has 0 aromatic heterocycles. The van der Waals surface area contributed by atoms with Gasteiger partial charge >= 0.3 is 0 Å². The molecule has 2 aromatic carbocycles. The quantitative estimate of drug-likeness (QED) is 0.790. The smallest absolute Gasteiger partial charge is 0.254 e. The molecular weight excluding hydrogens is 376 g/mol. The summed E-state index contributed by atoms with van der Waals surface area (Å²) >= 11 is 0. The van der Waals surface area contributed by atoms with Gasteiger partial charge in [0.25, 0.3) is 5.91 Å². The molecule has 2 fully saturated rings. The molecule has 0 saturated carbocycles. The Morgan fingerprint density at radius 2 is 1.86 bits per heavy atom. The second-order valence-electron chi connectivity index (χ2n) is 7.22. The molecule has 148 valence electrons. The van der Waals surface area contributed by atoms with Crippen molar-refractivity contribution in [2.24, 2.45) is 0 Å². The maximum Gasteiger partial charge on any atom is 0.254 e. The van der Waals surface area contributed by atoms with Crippen LogP contribution in [0.25, 0.3) is 0 Å². The molecule has 0 aliphatic carbocycles. The average molecular weight is 401 g/mol. The Kier molecular flexibility index (Phi) is 5.02. The van der Waals surface area contributed by atoms with Crippen LogP contribution in [-0.2, 0) is 10.0 Å². The molecule has 1 amide bonds. The zero-order valence-electron chi connectivity index (χ0n) is 15.9. The van der Waals surface area contributed by atoms with Gasteiger partial charge in [-0.3, -0.25) is 9.10 Å². The second kappa shape index (κ2) is 7.47. The molecule has 6 nitrogen and oxygen atoms in total. The molecule has 0 N–H and O–H groups in total. The van der Waals surface area contributed by atoms with Crippen molar-refractivity contribution in [3.8, 4) is 5.75 Å². The second-order valence-corrected chi connectivity index (χ2v) is 9.23. The number of hydrogen-bond donors (Lipinski definition) is 0. The van der Waals surface area contributed by atoms with Gasteiger partial charge < -0.3 is 9.64 Å². The van der Waals surface area contributed by atoms with Crippen molar-refractivity contribution in [2.75, 3.05) is 30.3 Å². The third-order valence-corrected chi connectivity index (χ3v) is 7.36. The van der Waals surface area contributed by atoms with Crippen LogP contribution in [0.1, 0.15) is 41.2 Å². The van der Waals surface area contributed by atoms with Crippen molar-refractivity contribution in [2.45, 2.75) is 25.3 Å². The van der Waals surface area contributed by atoms with Gasteiger partial charge in [-0.05, 0) is 55.2 Å². The van der Waals surface area contributed by atoms with Crippen molar-refractivity contribution in [3.63, 3.8) is 0 Å². The third-order valence-electron chi connectivity index (χ3n) is 5.49. The van der Waals surface area contributed by atoms with E-state index < -0.39 is 10.0 Å². The summed E-state index contributed by atoms with van der Waals surface area (Å²) in [6, 6.07) is 14.8. The van der Waals surface area contributed by atoms with Gasteiger partial charge in [-0.1, -0.05) is 18.2 Å². The lowest BCUT2D eigenvalue weighted by Crippen LogP contribution is -2.31. The van der Waals surface area contributed by atoms with Crippen molar-refractivity contribution >= 4 is 21.6 Å². The number of hydrogen-bond acceptors (Lipinski definition) is 4. The fourth-order valence-electron chi connectivity index (χ4n) is 4.07. The highest BCUT2D eigenvalue weighted by Crippen LogP contribution is 2.34. The topological polar surface area (TPSA) is 66.9 Å². The summed E-state index contributed by atoms with van der Waals surface area (Å²) in [5.74, 6) is 0.896. The van der Waals surface area contributed by atoms with Gasteiger partial charge in [0.1, 0.15) is 5.75 Å². The van der Waals surface area contributed by atoms with E-state index in [0.717, 1.165) is 24.2 Å². The van der Waals surface area contributed by atoms with E-state index in [1.807, 2.05) is 29.2 Å². The minimum Gasteiger partial charge on any atom is -0.497 e. The molecule has 4 rings (SSSR count). The maximum atomic E-state index is 13.2. The number of amides is 1. The summed E-state index contributed by atoms with van der Waals surface area (Å²) in [4.78, 5) is 15.1. The zero-order chi connectivity index (χ0) is 19.7. The lowest BCUT2D eigenvalue weighted by Gasteiger charge is -2.26. The molecule has 2 aliphatic heterocycles. The van der Waals surface area contributed by atoms with Crippen LogP contribution in [0.5, 0.6) is 5.75 Å². The van der Waals surface area contributed by atoms with Crippen molar-refractivity contribution in [1.29, 1.82) is 0 Å². The van der Waals surface area contributed by atoms with Gasteiger partial charge in [0.05, 0.1) is 24.6 Å². The molecule has 0 bridgehead atoms. The Morgan fingerprint density at radius 1 is 1.07 bits per heavy atom. The predicted molar refractivity (Wildman–Crippen MR) is 108 cm³/mol. The van der Waals surface area contributed by atoms with Gasteiger partial charge in [-0.2, -0.15) is 0 Å². The summed E-state index contributed by atoms with van der Waals surface area (Å²) in [6.07, 6.45) is 2.48. The number of nitrogens with zero attached hydrogens (tertiary/aromatic N) is 2. The number of benzene rings is 2. The monoisotopic (exact) mass is 400 g/mol. The SMILES string of the molecule is COc1ccc([C@@H]2CCCN2C(=O)c2cccc(N3CCCS3(=O)=O)c2)cc1. The van der Waals surface area contributed by atoms with Crippen LogP contribution in [0.15, 0.2) is 48.5 Å². The van der Waals surface area contributed by atoms with E-state index in [1.165, 1.54) is 4.31 Å². The van der Waals surface area contributed by atoms with Crippen LogP contribution in [0.4, 0.5) is 5.69 Å². The Morgan fingerprint density at radius 3 is 2.54 bits per heavy atom. The van der Waals surface area contributed by atoms with Crippen LogP contribution >= 0.6 is 0 Å². The Bertz CT molecular complexity index is 972. The number of anilines is 1. The van der Waals surface area contributed by atoms with E-state index in [9.17, 15) is 13.2 Å². The summed E-state index contributed by atoms with van der Waals surface area (Å²) in [7, 11) is -1.63. The van der Waals surface area contributed by atoms with Gasteiger partial charge in [0.2, 0.25) is 10.0 Å². The average Bonchev–Trinajstić information content (AvgIpc) is 3.33. The molecule has 2 aromatic rings. The van der Waals surface area contributed by atoms with Gasteiger partial charge in [0.15, 0.2) is 0 Å². The minimum atomic E-state index is -3.27. The van der Waals surface area contributed by atoms with Crippen molar-refractivity contribution < 1.29 is 17.9 Å². The highest BCUT2D eigenvalue weighted by atomic mass is 32.2. The van der Waals surface area contributed by atoms with E-state index in [0.29, 0.717) is 30.8 Å². The standard InChI is InChI=1S/C21H24N2O4S/c1-27-19-10-8-16(9-11-19)20-7-3-12-22(20)21(24)17-5-2-6-18(15-17)23-13-4-14-28(23,25)26/h2,5-6,8-11,15,20H,3-4,7,12-14H2,1H3/t20-/m0/s1. The van der Waals surface area contributed by atoms with Gasteiger partial charge in [0, 0.05) is 18.7 Å². The fourth-order valence-corrected chi connectivity index (χ4v) is 5.63. The minimum absolute atomic E-state index is 0.0255. The van der Waals surface area contributed by atoms with Crippen LogP contribution < -0.4 is 9.04 Å². The molecule has 0 spiro atoms. The van der Waals surface area contributed by atoms with Crippen LogP contribution in [-0.4, -0.2) is 45.2 Å². The molecule has 7 heteroatoms. The number of methoxy groups -OCH3 is 1. The highest BCUT2D eigenvalue weighted by Gasteiger charge is 2.32. The van der Waals surface area contributed by atoms with E-state index in [1.54, 1.807) is 31.4 Å². The first kappa shape index (κ1) is 18.8. The van der Waals surface area contributed by atoms with Crippen molar-refractivity contribution in [3.05, 3.63) is 59.7 Å². The molecule has 0 radical (unpaired) electrons.